The Morgan fingerprint density at radius 3 is 2.78 bits per heavy atom. The summed E-state index contributed by atoms with van der Waals surface area (Å²) in [6.45, 7) is 3.65. The molecule has 0 radical (unpaired) electrons. The van der Waals surface area contributed by atoms with Crippen molar-refractivity contribution in [2.75, 3.05) is 18.0 Å². The van der Waals surface area contributed by atoms with Gasteiger partial charge in [-0.2, -0.15) is 0 Å². The van der Waals surface area contributed by atoms with Crippen molar-refractivity contribution in [3.05, 3.63) is 18.1 Å². The Hall–Kier alpha value is -1.65. The topological polar surface area (TPSA) is 66.3 Å². The van der Waals surface area contributed by atoms with Crippen molar-refractivity contribution in [2.24, 2.45) is 5.92 Å². The fraction of sp³-hybridized carbons (Fsp3) is 0.615. The van der Waals surface area contributed by atoms with Gasteiger partial charge in [-0.1, -0.05) is 13.3 Å². The molecule has 0 aliphatic carbocycles. The van der Waals surface area contributed by atoms with Gasteiger partial charge >= 0.3 is 5.97 Å². The van der Waals surface area contributed by atoms with E-state index < -0.39 is 5.97 Å². The summed E-state index contributed by atoms with van der Waals surface area (Å²) >= 11 is 0. The minimum atomic E-state index is -0.677. The maximum absolute atomic E-state index is 10.9. The number of aryl methyl sites for hydroxylation is 1. The van der Waals surface area contributed by atoms with E-state index in [4.69, 9.17) is 5.11 Å². The normalized spacial score (nSPS) is 16.8. The highest BCUT2D eigenvalue weighted by atomic mass is 16.4. The molecule has 0 spiro atoms. The second kappa shape index (κ2) is 5.80. The van der Waals surface area contributed by atoms with Gasteiger partial charge in [0.05, 0.1) is 5.92 Å². The van der Waals surface area contributed by atoms with E-state index in [1.165, 1.54) is 0 Å². The molecule has 1 fully saturated rings. The van der Waals surface area contributed by atoms with Crippen molar-refractivity contribution in [3.63, 3.8) is 0 Å². The Morgan fingerprint density at radius 2 is 2.17 bits per heavy atom. The molecule has 5 heteroatoms. The molecule has 2 rings (SSSR count). The van der Waals surface area contributed by atoms with Crippen molar-refractivity contribution in [2.45, 2.75) is 32.6 Å². The van der Waals surface area contributed by atoms with E-state index in [1.54, 1.807) is 6.33 Å². The molecule has 0 bridgehead atoms. The zero-order valence-corrected chi connectivity index (χ0v) is 10.7. The van der Waals surface area contributed by atoms with Crippen molar-refractivity contribution in [1.82, 2.24) is 9.97 Å². The minimum Gasteiger partial charge on any atom is -0.481 e. The van der Waals surface area contributed by atoms with Gasteiger partial charge in [0.2, 0.25) is 0 Å². The van der Waals surface area contributed by atoms with Crippen LogP contribution in [0.5, 0.6) is 0 Å². The average Bonchev–Trinajstić information content (AvgIpc) is 2.39. The van der Waals surface area contributed by atoms with Crippen LogP contribution < -0.4 is 4.90 Å². The molecule has 5 nitrogen and oxygen atoms in total. The van der Waals surface area contributed by atoms with Crippen LogP contribution in [-0.4, -0.2) is 34.1 Å². The summed E-state index contributed by atoms with van der Waals surface area (Å²) in [5.41, 5.74) is 1.06. The summed E-state index contributed by atoms with van der Waals surface area (Å²) in [4.78, 5) is 21.6. The SMILES string of the molecule is CCCc1cc(N2CCC(C(=O)O)CC2)ncn1. The van der Waals surface area contributed by atoms with Gasteiger partial charge in [-0.3, -0.25) is 4.79 Å². The lowest BCUT2D eigenvalue weighted by Gasteiger charge is -2.31. The largest absolute Gasteiger partial charge is 0.481 e. The molecule has 0 aromatic carbocycles. The lowest BCUT2D eigenvalue weighted by molar-refractivity contribution is -0.142. The summed E-state index contributed by atoms with van der Waals surface area (Å²) in [7, 11) is 0. The van der Waals surface area contributed by atoms with E-state index in [-0.39, 0.29) is 5.92 Å². The van der Waals surface area contributed by atoms with Crippen molar-refractivity contribution < 1.29 is 9.90 Å². The van der Waals surface area contributed by atoms with Gasteiger partial charge in [-0.25, -0.2) is 9.97 Å². The Kier molecular flexibility index (Phi) is 4.12. The zero-order valence-electron chi connectivity index (χ0n) is 10.7. The van der Waals surface area contributed by atoms with E-state index in [1.807, 2.05) is 6.07 Å². The van der Waals surface area contributed by atoms with Crippen LogP contribution in [-0.2, 0) is 11.2 Å². The van der Waals surface area contributed by atoms with E-state index in [0.717, 1.165) is 37.4 Å². The number of hydrogen-bond acceptors (Lipinski definition) is 4. The summed E-state index contributed by atoms with van der Waals surface area (Å²) in [6, 6.07) is 2.02. The molecule has 0 unspecified atom stereocenters. The van der Waals surface area contributed by atoms with Gasteiger partial charge in [0.1, 0.15) is 12.1 Å². The van der Waals surface area contributed by atoms with Crippen LogP contribution in [0.2, 0.25) is 0 Å². The standard InChI is InChI=1S/C13H19N3O2/c1-2-3-11-8-12(15-9-14-11)16-6-4-10(5-7-16)13(17)18/h8-10H,2-7H2,1H3,(H,17,18). The van der Waals surface area contributed by atoms with Gasteiger partial charge in [0.15, 0.2) is 0 Å². The first kappa shape index (κ1) is 12.8. The summed E-state index contributed by atoms with van der Waals surface area (Å²) in [5.74, 6) is 0.0551. The highest BCUT2D eigenvalue weighted by Crippen LogP contribution is 2.22. The molecule has 0 amide bonds. The highest BCUT2D eigenvalue weighted by molar-refractivity contribution is 5.70. The molecular weight excluding hydrogens is 230 g/mol. The number of rotatable bonds is 4. The van der Waals surface area contributed by atoms with Gasteiger partial charge in [0, 0.05) is 24.8 Å². The number of aliphatic carboxylic acids is 1. The number of aromatic nitrogens is 2. The molecule has 1 N–H and O–H groups in total. The van der Waals surface area contributed by atoms with Crippen LogP contribution in [0.15, 0.2) is 12.4 Å². The number of hydrogen-bond donors (Lipinski definition) is 1. The Bertz CT molecular complexity index is 414. The predicted molar refractivity (Wildman–Crippen MR) is 68.6 cm³/mol. The molecule has 0 atom stereocenters. The Labute approximate surface area is 107 Å². The zero-order chi connectivity index (χ0) is 13.0. The monoisotopic (exact) mass is 249 g/mol. The minimum absolute atomic E-state index is 0.196. The molecule has 0 saturated carbocycles. The Balaban J connectivity index is 2.00. The number of piperidine rings is 1. The molecule has 1 aromatic rings. The third-order valence-corrected chi connectivity index (χ3v) is 3.38. The van der Waals surface area contributed by atoms with Crippen LogP contribution in [0, 0.1) is 5.92 Å². The number of anilines is 1. The van der Waals surface area contributed by atoms with Crippen LogP contribution >= 0.6 is 0 Å². The first-order valence-electron chi connectivity index (χ1n) is 6.49. The fourth-order valence-electron chi connectivity index (χ4n) is 2.31. The van der Waals surface area contributed by atoms with Crippen LogP contribution in [0.4, 0.5) is 5.82 Å². The van der Waals surface area contributed by atoms with Crippen molar-refractivity contribution >= 4 is 11.8 Å². The fourth-order valence-corrected chi connectivity index (χ4v) is 2.31. The molecule has 18 heavy (non-hydrogen) atoms. The Morgan fingerprint density at radius 1 is 1.44 bits per heavy atom. The third-order valence-electron chi connectivity index (χ3n) is 3.38. The molecule has 2 heterocycles. The maximum Gasteiger partial charge on any atom is 0.306 e. The van der Waals surface area contributed by atoms with Crippen molar-refractivity contribution in [3.8, 4) is 0 Å². The summed E-state index contributed by atoms with van der Waals surface area (Å²) in [6.07, 6.45) is 5.02. The van der Waals surface area contributed by atoms with Crippen LogP contribution in [0.25, 0.3) is 0 Å². The number of carboxylic acids is 1. The quantitative estimate of drug-likeness (QED) is 0.880. The number of nitrogens with zero attached hydrogens (tertiary/aromatic N) is 3. The first-order valence-corrected chi connectivity index (χ1v) is 6.49. The lowest BCUT2D eigenvalue weighted by Crippen LogP contribution is -2.36. The van der Waals surface area contributed by atoms with E-state index in [2.05, 4.69) is 21.8 Å². The van der Waals surface area contributed by atoms with Gasteiger partial charge in [-0.15, -0.1) is 0 Å². The average molecular weight is 249 g/mol. The highest BCUT2D eigenvalue weighted by Gasteiger charge is 2.25. The second-order valence-electron chi connectivity index (χ2n) is 4.72. The second-order valence-corrected chi connectivity index (χ2v) is 4.72. The van der Waals surface area contributed by atoms with Gasteiger partial charge in [-0.05, 0) is 19.3 Å². The molecule has 1 aliphatic rings. The van der Waals surface area contributed by atoms with E-state index in [9.17, 15) is 4.79 Å². The van der Waals surface area contributed by atoms with Crippen LogP contribution in [0.1, 0.15) is 31.9 Å². The smallest absolute Gasteiger partial charge is 0.306 e. The third kappa shape index (κ3) is 2.97. The van der Waals surface area contributed by atoms with E-state index in [0.29, 0.717) is 12.8 Å². The molecule has 98 valence electrons. The van der Waals surface area contributed by atoms with Gasteiger partial charge in [0.25, 0.3) is 0 Å². The molecule has 1 saturated heterocycles. The molecular formula is C13H19N3O2. The summed E-state index contributed by atoms with van der Waals surface area (Å²) in [5, 5.41) is 8.97. The molecule has 1 aromatic heterocycles. The number of carboxylic acid groups (broad SMARTS) is 1. The predicted octanol–water partition coefficient (Wildman–Crippen LogP) is 1.73. The molecule has 1 aliphatic heterocycles. The van der Waals surface area contributed by atoms with E-state index >= 15 is 0 Å². The maximum atomic E-state index is 10.9. The first-order chi connectivity index (χ1) is 8.70. The van der Waals surface area contributed by atoms with Crippen LogP contribution in [0.3, 0.4) is 0 Å². The van der Waals surface area contributed by atoms with Crippen molar-refractivity contribution in [1.29, 1.82) is 0 Å². The summed E-state index contributed by atoms with van der Waals surface area (Å²) < 4.78 is 0. The lowest BCUT2D eigenvalue weighted by atomic mass is 9.97. The number of carbonyl (C=O) groups is 1. The van der Waals surface area contributed by atoms with Gasteiger partial charge < -0.3 is 10.0 Å².